The van der Waals surface area contributed by atoms with Crippen LogP contribution in [0.2, 0.25) is 0 Å². The van der Waals surface area contributed by atoms with E-state index in [1.807, 2.05) is 6.07 Å². The van der Waals surface area contributed by atoms with E-state index in [1.54, 1.807) is 21.3 Å². The summed E-state index contributed by atoms with van der Waals surface area (Å²) >= 11 is 0. The van der Waals surface area contributed by atoms with Gasteiger partial charge in [-0.1, -0.05) is 19.0 Å². The molecule has 1 aromatic heterocycles. The summed E-state index contributed by atoms with van der Waals surface area (Å²) in [5, 5.41) is 10.9. The van der Waals surface area contributed by atoms with Gasteiger partial charge in [0.1, 0.15) is 0 Å². The topological polar surface area (TPSA) is 84.2 Å². The third-order valence-corrected chi connectivity index (χ3v) is 6.15. The lowest BCUT2D eigenvalue weighted by Crippen LogP contribution is -2.42. The Balaban J connectivity index is 1.45. The molecule has 32 heavy (non-hydrogen) atoms. The fourth-order valence-corrected chi connectivity index (χ4v) is 4.17. The van der Waals surface area contributed by atoms with Gasteiger partial charge in [-0.3, -0.25) is 9.89 Å². The third-order valence-electron chi connectivity index (χ3n) is 6.15. The molecule has 0 aliphatic carbocycles. The van der Waals surface area contributed by atoms with E-state index in [0.717, 1.165) is 74.4 Å². The highest BCUT2D eigenvalue weighted by Crippen LogP contribution is 2.33. The van der Waals surface area contributed by atoms with Crippen LogP contribution in [0.15, 0.2) is 27.7 Å². The van der Waals surface area contributed by atoms with Crippen LogP contribution < -0.4 is 20.1 Å². The molecule has 2 heterocycles. The summed E-state index contributed by atoms with van der Waals surface area (Å²) in [6.07, 6.45) is 3.15. The molecule has 2 aromatic rings. The van der Waals surface area contributed by atoms with Crippen molar-refractivity contribution < 1.29 is 14.0 Å². The molecule has 176 valence electrons. The van der Waals surface area contributed by atoms with Crippen LogP contribution in [0.1, 0.15) is 55.2 Å². The molecular formula is C24H37N5O3. The van der Waals surface area contributed by atoms with Gasteiger partial charge in [0.05, 0.1) is 26.5 Å². The molecule has 8 heteroatoms. The molecule has 3 rings (SSSR count). The zero-order chi connectivity index (χ0) is 22.9. The maximum absolute atomic E-state index is 5.49. The largest absolute Gasteiger partial charge is 0.493 e. The summed E-state index contributed by atoms with van der Waals surface area (Å²) < 4.78 is 16.4. The molecule has 0 fully saturated rings. The van der Waals surface area contributed by atoms with Gasteiger partial charge in [0, 0.05) is 45.2 Å². The van der Waals surface area contributed by atoms with Crippen LogP contribution in [0.5, 0.6) is 11.5 Å². The first kappa shape index (κ1) is 23.9. The Bertz CT molecular complexity index is 892. The van der Waals surface area contributed by atoms with Crippen LogP contribution in [0, 0.1) is 0 Å². The van der Waals surface area contributed by atoms with Gasteiger partial charge in [-0.15, -0.1) is 0 Å². The Morgan fingerprint density at radius 3 is 2.50 bits per heavy atom. The quantitative estimate of drug-likeness (QED) is 0.430. The van der Waals surface area contributed by atoms with E-state index in [-0.39, 0.29) is 0 Å². The molecule has 1 aliphatic heterocycles. The number of guanidine groups is 1. The molecule has 0 saturated carbocycles. The molecule has 0 amide bonds. The average molecular weight is 444 g/mol. The predicted molar refractivity (Wildman–Crippen MR) is 127 cm³/mol. The molecule has 8 nitrogen and oxygen atoms in total. The van der Waals surface area contributed by atoms with Crippen molar-refractivity contribution in [3.8, 4) is 11.5 Å². The number of nitrogens with one attached hydrogen (secondary N) is 2. The standard InChI is InChI=1S/C24H37N5O3/c1-6-17(7-2)21-14-20(32-28-21)15-27-24(25-3)26-9-11-29-10-8-18-12-22(30-4)23(31-5)13-19(18)16-29/h12-14,17H,6-11,15-16H2,1-5H3,(H2,25,26,27). The second-order valence-electron chi connectivity index (χ2n) is 8.09. The summed E-state index contributed by atoms with van der Waals surface area (Å²) in [6.45, 7) is 8.58. The molecule has 0 radical (unpaired) electrons. The van der Waals surface area contributed by atoms with E-state index in [1.165, 1.54) is 11.1 Å². The molecule has 0 unspecified atom stereocenters. The van der Waals surface area contributed by atoms with E-state index < -0.39 is 0 Å². The van der Waals surface area contributed by atoms with Gasteiger partial charge in [-0.2, -0.15) is 0 Å². The summed E-state index contributed by atoms with van der Waals surface area (Å²) in [5.41, 5.74) is 3.67. The highest BCUT2D eigenvalue weighted by atomic mass is 16.5. The lowest BCUT2D eigenvalue weighted by atomic mass is 9.99. The van der Waals surface area contributed by atoms with Crippen molar-refractivity contribution in [2.24, 2.45) is 4.99 Å². The fraction of sp³-hybridized carbons (Fsp3) is 0.583. The van der Waals surface area contributed by atoms with Gasteiger partial charge in [0.15, 0.2) is 23.2 Å². The Morgan fingerprint density at radius 1 is 1.12 bits per heavy atom. The summed E-state index contributed by atoms with van der Waals surface area (Å²) in [4.78, 5) is 6.76. The molecule has 2 N–H and O–H groups in total. The van der Waals surface area contributed by atoms with E-state index in [2.05, 4.69) is 51.7 Å². The number of methoxy groups -OCH3 is 2. The molecule has 0 bridgehead atoms. The monoisotopic (exact) mass is 443 g/mol. The Kier molecular flexibility index (Phi) is 8.79. The zero-order valence-corrected chi connectivity index (χ0v) is 20.0. The number of hydrogen-bond acceptors (Lipinski definition) is 6. The first-order valence-electron chi connectivity index (χ1n) is 11.5. The molecule has 0 atom stereocenters. The third kappa shape index (κ3) is 5.94. The zero-order valence-electron chi connectivity index (χ0n) is 20.0. The van der Waals surface area contributed by atoms with Crippen LogP contribution in [-0.2, 0) is 19.5 Å². The smallest absolute Gasteiger partial charge is 0.191 e. The Hall–Kier alpha value is -2.74. The van der Waals surface area contributed by atoms with Gasteiger partial charge in [-0.05, 0) is 42.5 Å². The molecule has 1 aliphatic rings. The Labute approximate surface area is 191 Å². The van der Waals surface area contributed by atoms with Crippen molar-refractivity contribution in [1.29, 1.82) is 0 Å². The van der Waals surface area contributed by atoms with E-state index >= 15 is 0 Å². The van der Waals surface area contributed by atoms with E-state index in [0.29, 0.717) is 12.5 Å². The van der Waals surface area contributed by atoms with E-state index in [4.69, 9.17) is 14.0 Å². The number of rotatable bonds is 10. The highest BCUT2D eigenvalue weighted by molar-refractivity contribution is 5.79. The van der Waals surface area contributed by atoms with Gasteiger partial charge in [0.2, 0.25) is 0 Å². The number of hydrogen-bond donors (Lipinski definition) is 2. The first-order valence-corrected chi connectivity index (χ1v) is 11.5. The second-order valence-corrected chi connectivity index (χ2v) is 8.09. The predicted octanol–water partition coefficient (Wildman–Crippen LogP) is 3.32. The maximum Gasteiger partial charge on any atom is 0.191 e. The Morgan fingerprint density at radius 2 is 1.84 bits per heavy atom. The molecule has 1 aromatic carbocycles. The number of aromatic nitrogens is 1. The maximum atomic E-state index is 5.49. The van der Waals surface area contributed by atoms with Crippen molar-refractivity contribution in [2.45, 2.75) is 52.1 Å². The van der Waals surface area contributed by atoms with Crippen molar-refractivity contribution >= 4 is 5.96 Å². The number of aliphatic imine (C=N–C) groups is 1. The summed E-state index contributed by atoms with van der Waals surface area (Å²) in [7, 11) is 5.14. The van der Waals surface area contributed by atoms with Crippen molar-refractivity contribution in [2.75, 3.05) is 40.9 Å². The van der Waals surface area contributed by atoms with Gasteiger partial charge >= 0.3 is 0 Å². The van der Waals surface area contributed by atoms with E-state index in [9.17, 15) is 0 Å². The molecule has 0 saturated heterocycles. The lowest BCUT2D eigenvalue weighted by molar-refractivity contribution is 0.256. The SMILES string of the molecule is CCC(CC)c1cc(CNC(=NC)NCCN2CCc3cc(OC)c(OC)cc3C2)on1. The number of fused-ring (bicyclic) bond motifs is 1. The van der Waals surface area contributed by atoms with Gasteiger partial charge < -0.3 is 24.6 Å². The second kappa shape index (κ2) is 11.8. The van der Waals surface area contributed by atoms with Crippen molar-refractivity contribution in [1.82, 2.24) is 20.7 Å². The average Bonchev–Trinajstić information content (AvgIpc) is 3.29. The van der Waals surface area contributed by atoms with Crippen LogP contribution >= 0.6 is 0 Å². The van der Waals surface area contributed by atoms with Crippen molar-refractivity contribution in [3.05, 3.63) is 40.8 Å². The van der Waals surface area contributed by atoms with Crippen LogP contribution in [-0.4, -0.2) is 56.9 Å². The lowest BCUT2D eigenvalue weighted by Gasteiger charge is -2.29. The minimum absolute atomic E-state index is 0.459. The molecule has 0 spiro atoms. The molecular weight excluding hydrogens is 406 g/mol. The van der Waals surface area contributed by atoms with Crippen LogP contribution in [0.3, 0.4) is 0 Å². The van der Waals surface area contributed by atoms with Crippen LogP contribution in [0.25, 0.3) is 0 Å². The number of ether oxygens (including phenoxy) is 2. The van der Waals surface area contributed by atoms with Crippen molar-refractivity contribution in [3.63, 3.8) is 0 Å². The summed E-state index contributed by atoms with van der Waals surface area (Å²) in [6, 6.07) is 6.25. The number of nitrogens with zero attached hydrogens (tertiary/aromatic N) is 3. The minimum Gasteiger partial charge on any atom is -0.493 e. The first-order chi connectivity index (χ1) is 15.6. The fourth-order valence-electron chi connectivity index (χ4n) is 4.17. The normalized spacial score (nSPS) is 14.4. The summed E-state index contributed by atoms with van der Waals surface area (Å²) in [5.74, 6) is 3.63. The minimum atomic E-state index is 0.459. The van der Waals surface area contributed by atoms with Gasteiger partial charge in [-0.25, -0.2) is 0 Å². The van der Waals surface area contributed by atoms with Gasteiger partial charge in [0.25, 0.3) is 0 Å². The van der Waals surface area contributed by atoms with Crippen LogP contribution in [0.4, 0.5) is 0 Å². The highest BCUT2D eigenvalue weighted by Gasteiger charge is 2.19. The number of benzene rings is 1.